The fourth-order valence-corrected chi connectivity index (χ4v) is 1.01. The van der Waals surface area contributed by atoms with Crippen molar-refractivity contribution < 1.29 is 19.1 Å². The third-order valence-corrected chi connectivity index (χ3v) is 1.78. The molecule has 0 aromatic carbocycles. The predicted molar refractivity (Wildman–Crippen MR) is 53.0 cm³/mol. The van der Waals surface area contributed by atoms with Crippen LogP contribution in [0.2, 0.25) is 0 Å². The van der Waals surface area contributed by atoms with Gasteiger partial charge in [-0.1, -0.05) is 25.3 Å². The Morgan fingerprint density at radius 1 is 1.07 bits per heavy atom. The van der Waals surface area contributed by atoms with Crippen LogP contribution < -0.4 is 5.32 Å². The van der Waals surface area contributed by atoms with Gasteiger partial charge in [-0.15, -0.1) is 0 Å². The highest BCUT2D eigenvalue weighted by Crippen LogP contribution is 2.14. The SMILES string of the molecule is C=CCOC(=O)[C@H]1N[C@@H]1C(=O)OCC=C. The Balaban J connectivity index is 2.26. The molecule has 82 valence electrons. The Labute approximate surface area is 87.7 Å². The van der Waals surface area contributed by atoms with Gasteiger partial charge in [0.15, 0.2) is 0 Å². The average molecular weight is 211 g/mol. The van der Waals surface area contributed by atoms with Crippen LogP contribution in [0.5, 0.6) is 0 Å². The van der Waals surface area contributed by atoms with E-state index in [2.05, 4.69) is 18.5 Å². The van der Waals surface area contributed by atoms with Crippen LogP contribution in [0.1, 0.15) is 0 Å². The van der Waals surface area contributed by atoms with Crippen LogP contribution in [-0.4, -0.2) is 37.2 Å². The highest BCUT2D eigenvalue weighted by molar-refractivity contribution is 5.92. The Morgan fingerprint density at radius 3 is 1.80 bits per heavy atom. The van der Waals surface area contributed by atoms with Crippen molar-refractivity contribution in [2.24, 2.45) is 0 Å². The van der Waals surface area contributed by atoms with Gasteiger partial charge in [-0.2, -0.15) is 0 Å². The van der Waals surface area contributed by atoms with Gasteiger partial charge >= 0.3 is 11.9 Å². The van der Waals surface area contributed by atoms with E-state index in [1.165, 1.54) is 12.2 Å². The first-order chi connectivity index (χ1) is 7.20. The molecule has 1 rings (SSSR count). The molecule has 0 spiro atoms. The Kier molecular flexibility index (Phi) is 4.05. The first-order valence-corrected chi connectivity index (χ1v) is 4.51. The zero-order valence-electron chi connectivity index (χ0n) is 8.27. The van der Waals surface area contributed by atoms with Crippen molar-refractivity contribution >= 4 is 11.9 Å². The second-order valence-electron chi connectivity index (χ2n) is 2.96. The summed E-state index contributed by atoms with van der Waals surface area (Å²) in [6, 6.07) is -1.16. The summed E-state index contributed by atoms with van der Waals surface area (Å²) < 4.78 is 9.51. The minimum Gasteiger partial charge on any atom is -0.460 e. The van der Waals surface area contributed by atoms with Crippen molar-refractivity contribution in [2.75, 3.05) is 13.2 Å². The number of esters is 2. The van der Waals surface area contributed by atoms with E-state index in [4.69, 9.17) is 9.47 Å². The van der Waals surface area contributed by atoms with Crippen LogP contribution in [-0.2, 0) is 19.1 Å². The molecule has 0 amide bonds. The topological polar surface area (TPSA) is 74.5 Å². The number of rotatable bonds is 6. The van der Waals surface area contributed by atoms with Gasteiger partial charge in [-0.3, -0.25) is 14.9 Å². The smallest absolute Gasteiger partial charge is 0.325 e. The Bertz CT molecular complexity index is 259. The quantitative estimate of drug-likeness (QED) is 0.373. The maximum atomic E-state index is 11.2. The van der Waals surface area contributed by atoms with Gasteiger partial charge in [-0.05, 0) is 0 Å². The number of hydrogen-bond donors (Lipinski definition) is 1. The predicted octanol–water partition coefficient (Wildman–Crippen LogP) is -0.215. The van der Waals surface area contributed by atoms with Gasteiger partial charge in [-0.25, -0.2) is 0 Å². The van der Waals surface area contributed by atoms with E-state index in [0.29, 0.717) is 0 Å². The molecule has 1 N–H and O–H groups in total. The third kappa shape index (κ3) is 3.21. The van der Waals surface area contributed by atoms with Gasteiger partial charge in [0.1, 0.15) is 25.3 Å². The average Bonchev–Trinajstić information content (AvgIpc) is 3.02. The maximum absolute atomic E-state index is 11.2. The zero-order valence-corrected chi connectivity index (χ0v) is 8.27. The molecule has 0 bridgehead atoms. The minimum atomic E-state index is -0.581. The molecular weight excluding hydrogens is 198 g/mol. The highest BCUT2D eigenvalue weighted by Gasteiger charge is 2.49. The van der Waals surface area contributed by atoms with Crippen molar-refractivity contribution in [3.63, 3.8) is 0 Å². The second kappa shape index (κ2) is 5.31. The van der Waals surface area contributed by atoms with Gasteiger partial charge in [0.25, 0.3) is 0 Å². The molecule has 1 saturated heterocycles. The first-order valence-electron chi connectivity index (χ1n) is 4.51. The first kappa shape index (κ1) is 11.5. The van der Waals surface area contributed by atoms with E-state index in [1.807, 2.05) is 0 Å². The summed E-state index contributed by atoms with van der Waals surface area (Å²) in [5, 5.41) is 2.67. The molecule has 0 saturated carbocycles. The standard InChI is InChI=1S/C10H13NO4/c1-3-5-14-9(12)7-8(11-7)10(13)15-6-4-2/h3-4,7-8,11H,1-2,5-6H2/t7-,8-/m0/s1. The molecular formula is C10H13NO4. The van der Waals surface area contributed by atoms with E-state index in [-0.39, 0.29) is 13.2 Å². The molecule has 0 aromatic heterocycles. The molecule has 1 fully saturated rings. The van der Waals surface area contributed by atoms with Crippen LogP contribution in [0.25, 0.3) is 0 Å². The van der Waals surface area contributed by atoms with E-state index < -0.39 is 24.0 Å². The van der Waals surface area contributed by atoms with Crippen molar-refractivity contribution in [1.82, 2.24) is 5.32 Å². The van der Waals surface area contributed by atoms with E-state index in [9.17, 15) is 9.59 Å². The van der Waals surface area contributed by atoms with Crippen molar-refractivity contribution in [3.05, 3.63) is 25.3 Å². The molecule has 5 nitrogen and oxygen atoms in total. The molecule has 15 heavy (non-hydrogen) atoms. The molecule has 1 aliphatic rings. The molecule has 2 atom stereocenters. The van der Waals surface area contributed by atoms with E-state index >= 15 is 0 Å². The molecule has 0 aliphatic carbocycles. The summed E-state index contributed by atoms with van der Waals surface area (Å²) in [4.78, 5) is 22.4. The van der Waals surface area contributed by atoms with Crippen molar-refractivity contribution in [2.45, 2.75) is 12.1 Å². The number of ether oxygens (including phenoxy) is 2. The monoisotopic (exact) mass is 211 g/mol. The highest BCUT2D eigenvalue weighted by atomic mass is 16.5. The molecule has 1 aliphatic heterocycles. The van der Waals surface area contributed by atoms with Gasteiger partial charge in [0, 0.05) is 0 Å². The van der Waals surface area contributed by atoms with Gasteiger partial charge < -0.3 is 9.47 Å². The lowest BCUT2D eigenvalue weighted by Crippen LogP contribution is -2.20. The van der Waals surface area contributed by atoms with Gasteiger partial charge in [0.2, 0.25) is 0 Å². The molecule has 5 heteroatoms. The van der Waals surface area contributed by atoms with Crippen molar-refractivity contribution in [3.8, 4) is 0 Å². The number of carbonyl (C=O) groups excluding carboxylic acids is 2. The summed E-state index contributed by atoms with van der Waals surface area (Å²) >= 11 is 0. The van der Waals surface area contributed by atoms with Crippen LogP contribution in [0.15, 0.2) is 25.3 Å². The second-order valence-corrected chi connectivity index (χ2v) is 2.96. The Hall–Kier alpha value is -1.62. The molecule has 0 aromatic rings. The van der Waals surface area contributed by atoms with E-state index in [0.717, 1.165) is 0 Å². The van der Waals surface area contributed by atoms with Crippen molar-refractivity contribution in [1.29, 1.82) is 0 Å². The normalized spacial score (nSPS) is 22.7. The lowest BCUT2D eigenvalue weighted by Gasteiger charge is -1.99. The maximum Gasteiger partial charge on any atom is 0.325 e. The summed E-state index contributed by atoms with van der Waals surface area (Å²) in [6.45, 7) is 7.10. The fraction of sp³-hybridized carbons (Fsp3) is 0.400. The summed E-state index contributed by atoms with van der Waals surface area (Å²) in [5.41, 5.74) is 0. The number of hydrogen-bond acceptors (Lipinski definition) is 5. The number of nitrogens with one attached hydrogen (secondary N) is 1. The Morgan fingerprint density at radius 2 is 1.47 bits per heavy atom. The molecule has 0 radical (unpaired) electrons. The fourth-order valence-electron chi connectivity index (χ4n) is 1.01. The van der Waals surface area contributed by atoms with Crippen LogP contribution in [0.3, 0.4) is 0 Å². The summed E-state index contributed by atoms with van der Waals surface area (Å²) in [6.07, 6.45) is 2.93. The summed E-state index contributed by atoms with van der Waals surface area (Å²) in [5.74, 6) is -0.925. The minimum absolute atomic E-state index is 0.144. The summed E-state index contributed by atoms with van der Waals surface area (Å²) in [7, 11) is 0. The zero-order chi connectivity index (χ0) is 11.3. The third-order valence-electron chi connectivity index (χ3n) is 1.78. The largest absolute Gasteiger partial charge is 0.460 e. The lowest BCUT2D eigenvalue weighted by atomic mass is 10.3. The van der Waals surface area contributed by atoms with E-state index in [1.54, 1.807) is 0 Å². The van der Waals surface area contributed by atoms with Crippen LogP contribution >= 0.6 is 0 Å². The molecule has 0 unspecified atom stereocenters. The molecule has 1 heterocycles. The van der Waals surface area contributed by atoms with Crippen LogP contribution in [0, 0.1) is 0 Å². The lowest BCUT2D eigenvalue weighted by molar-refractivity contribution is -0.146. The van der Waals surface area contributed by atoms with Gasteiger partial charge in [0.05, 0.1) is 0 Å². The number of carbonyl (C=O) groups is 2. The van der Waals surface area contributed by atoms with Crippen LogP contribution in [0.4, 0.5) is 0 Å².